The van der Waals surface area contributed by atoms with Crippen molar-refractivity contribution in [3.63, 3.8) is 0 Å². The van der Waals surface area contributed by atoms with Gasteiger partial charge in [0, 0.05) is 30.8 Å². The van der Waals surface area contributed by atoms with E-state index in [0.29, 0.717) is 6.07 Å². The van der Waals surface area contributed by atoms with E-state index < -0.39 is 32.3 Å². The van der Waals surface area contributed by atoms with Crippen LogP contribution < -0.4 is 5.43 Å². The zero-order valence-corrected chi connectivity index (χ0v) is 16.7. The van der Waals surface area contributed by atoms with Crippen molar-refractivity contribution in [2.24, 2.45) is 5.10 Å². The van der Waals surface area contributed by atoms with E-state index in [2.05, 4.69) is 10.5 Å². The summed E-state index contributed by atoms with van der Waals surface area (Å²) in [7, 11) is -3.92. The highest BCUT2D eigenvalue weighted by molar-refractivity contribution is 7.89. The zero-order valence-electron chi connectivity index (χ0n) is 15.8. The van der Waals surface area contributed by atoms with Gasteiger partial charge in [0.15, 0.2) is 0 Å². The lowest BCUT2D eigenvalue weighted by atomic mass is 10.1. The van der Waals surface area contributed by atoms with Gasteiger partial charge in [0.05, 0.1) is 28.7 Å². The number of halogens is 2. The van der Waals surface area contributed by atoms with Gasteiger partial charge in [0.1, 0.15) is 17.3 Å². The summed E-state index contributed by atoms with van der Waals surface area (Å²) >= 11 is 0. The third kappa shape index (κ3) is 4.61. The maximum absolute atomic E-state index is 13.9. The Balaban J connectivity index is 1.89. The summed E-state index contributed by atoms with van der Waals surface area (Å²) in [5, 5.41) is 15.4. The standard InChI is InChI=1S/C18H18F2N4O5S/c1-12(15-4-2-13(19)10-16(15)20)21-22-17-5-3-14(11-18(17)24(25)26)30(27,28)23-6-8-29-9-7-23/h2-5,10-11,22H,6-9H2,1H3/b21-12+. The first kappa shape index (κ1) is 21.7. The molecule has 1 fully saturated rings. The molecule has 1 saturated heterocycles. The summed E-state index contributed by atoms with van der Waals surface area (Å²) in [6.45, 7) is 2.24. The van der Waals surface area contributed by atoms with Crippen molar-refractivity contribution in [2.45, 2.75) is 11.8 Å². The van der Waals surface area contributed by atoms with E-state index in [1.165, 1.54) is 29.4 Å². The van der Waals surface area contributed by atoms with Crippen LogP contribution in [0, 0.1) is 21.7 Å². The Bertz CT molecular complexity index is 1100. The lowest BCUT2D eigenvalue weighted by molar-refractivity contribution is -0.384. The van der Waals surface area contributed by atoms with Gasteiger partial charge in [-0.2, -0.15) is 9.41 Å². The molecule has 2 aromatic rings. The molecule has 1 aliphatic heterocycles. The Morgan fingerprint density at radius 3 is 2.53 bits per heavy atom. The van der Waals surface area contributed by atoms with E-state index in [0.717, 1.165) is 12.1 Å². The number of nitro benzene ring substituents is 1. The maximum Gasteiger partial charge on any atom is 0.295 e. The normalized spacial score (nSPS) is 15.8. The molecular formula is C18H18F2N4O5S. The molecule has 160 valence electrons. The molecule has 9 nitrogen and oxygen atoms in total. The summed E-state index contributed by atoms with van der Waals surface area (Å²) in [4.78, 5) is 10.5. The predicted molar refractivity (Wildman–Crippen MR) is 105 cm³/mol. The van der Waals surface area contributed by atoms with Crippen molar-refractivity contribution in [1.29, 1.82) is 0 Å². The summed E-state index contributed by atoms with van der Waals surface area (Å²) < 4.78 is 58.7. The highest BCUT2D eigenvalue weighted by atomic mass is 32.2. The highest BCUT2D eigenvalue weighted by Crippen LogP contribution is 2.29. The molecule has 0 aliphatic carbocycles. The number of hydrogen-bond acceptors (Lipinski definition) is 7. The van der Waals surface area contributed by atoms with Crippen LogP contribution in [0.15, 0.2) is 46.4 Å². The van der Waals surface area contributed by atoms with Crippen LogP contribution in [0.1, 0.15) is 12.5 Å². The summed E-state index contributed by atoms with van der Waals surface area (Å²) in [6.07, 6.45) is 0. The van der Waals surface area contributed by atoms with Gasteiger partial charge in [-0.1, -0.05) is 0 Å². The smallest absolute Gasteiger partial charge is 0.295 e. The average molecular weight is 440 g/mol. The Kier molecular flexibility index (Phi) is 6.39. The summed E-state index contributed by atoms with van der Waals surface area (Å²) in [5.41, 5.74) is 1.99. The number of sulfonamides is 1. The van der Waals surface area contributed by atoms with Gasteiger partial charge in [-0.3, -0.25) is 15.5 Å². The Hall–Kier alpha value is -2.96. The van der Waals surface area contributed by atoms with Crippen molar-refractivity contribution < 1.29 is 26.9 Å². The fraction of sp³-hybridized carbons (Fsp3) is 0.278. The number of ether oxygens (including phenoxy) is 1. The number of hydrogen-bond donors (Lipinski definition) is 1. The Labute approximate surface area is 171 Å². The van der Waals surface area contributed by atoms with Gasteiger partial charge in [0.2, 0.25) is 10.0 Å². The number of rotatable bonds is 6. The van der Waals surface area contributed by atoms with Crippen molar-refractivity contribution in [3.05, 3.63) is 63.7 Å². The van der Waals surface area contributed by atoms with E-state index in [4.69, 9.17) is 4.74 Å². The molecule has 3 rings (SSSR count). The van der Waals surface area contributed by atoms with Gasteiger partial charge in [0.25, 0.3) is 5.69 Å². The maximum atomic E-state index is 13.9. The molecule has 0 amide bonds. The van der Waals surface area contributed by atoms with E-state index in [1.54, 1.807) is 0 Å². The topological polar surface area (TPSA) is 114 Å². The van der Waals surface area contributed by atoms with Crippen molar-refractivity contribution >= 4 is 27.1 Å². The van der Waals surface area contributed by atoms with Crippen LogP contribution in [0.5, 0.6) is 0 Å². The van der Waals surface area contributed by atoms with Gasteiger partial charge < -0.3 is 4.74 Å². The average Bonchev–Trinajstić information content (AvgIpc) is 2.72. The van der Waals surface area contributed by atoms with Gasteiger partial charge in [-0.25, -0.2) is 17.2 Å². The molecule has 0 spiro atoms. The van der Waals surface area contributed by atoms with Gasteiger partial charge in [-0.15, -0.1) is 0 Å². The van der Waals surface area contributed by atoms with Crippen molar-refractivity contribution in [2.75, 3.05) is 31.7 Å². The van der Waals surface area contributed by atoms with Crippen LogP contribution >= 0.6 is 0 Å². The molecule has 1 N–H and O–H groups in total. The highest BCUT2D eigenvalue weighted by Gasteiger charge is 2.28. The molecule has 0 radical (unpaired) electrons. The van der Waals surface area contributed by atoms with Gasteiger partial charge >= 0.3 is 0 Å². The Morgan fingerprint density at radius 2 is 1.90 bits per heavy atom. The predicted octanol–water partition coefficient (Wildman–Crippen LogP) is 2.73. The third-order valence-corrected chi connectivity index (χ3v) is 6.33. The van der Waals surface area contributed by atoms with Crippen molar-refractivity contribution in [1.82, 2.24) is 4.31 Å². The zero-order chi connectivity index (χ0) is 21.9. The largest absolute Gasteiger partial charge is 0.379 e. The SMILES string of the molecule is C/C(=N\Nc1ccc(S(=O)(=O)N2CCOCC2)cc1[N+](=O)[O-])c1ccc(F)cc1F. The molecule has 2 aromatic carbocycles. The molecule has 0 unspecified atom stereocenters. The number of nitro groups is 1. The first-order chi connectivity index (χ1) is 14.2. The minimum absolute atomic E-state index is 0.0121. The number of hydrazone groups is 1. The number of morpholine rings is 1. The molecule has 30 heavy (non-hydrogen) atoms. The fourth-order valence-electron chi connectivity index (χ4n) is 2.84. The first-order valence-corrected chi connectivity index (χ1v) is 10.3. The second kappa shape index (κ2) is 8.81. The Morgan fingerprint density at radius 1 is 1.20 bits per heavy atom. The van der Waals surface area contributed by atoms with Crippen LogP contribution in [0.4, 0.5) is 20.2 Å². The molecule has 0 atom stereocenters. The van der Waals surface area contributed by atoms with E-state index in [1.807, 2.05) is 0 Å². The molecule has 1 aliphatic rings. The molecule has 12 heteroatoms. The van der Waals surface area contributed by atoms with Crippen LogP contribution in [-0.4, -0.2) is 49.7 Å². The molecule has 0 bridgehead atoms. The number of nitrogens with zero attached hydrogens (tertiary/aromatic N) is 3. The minimum atomic E-state index is -3.92. The minimum Gasteiger partial charge on any atom is -0.379 e. The van der Waals surface area contributed by atoms with E-state index >= 15 is 0 Å². The molecule has 0 aromatic heterocycles. The monoisotopic (exact) mass is 440 g/mol. The second-order valence-electron chi connectivity index (χ2n) is 6.39. The number of nitrogens with one attached hydrogen (secondary N) is 1. The summed E-state index contributed by atoms with van der Waals surface area (Å²) in [6, 6.07) is 6.33. The van der Waals surface area contributed by atoms with Crippen molar-refractivity contribution in [3.8, 4) is 0 Å². The number of anilines is 1. The lowest BCUT2D eigenvalue weighted by Crippen LogP contribution is -2.40. The molecule has 0 saturated carbocycles. The molecule has 1 heterocycles. The van der Waals surface area contributed by atoms with E-state index in [-0.39, 0.29) is 48.2 Å². The third-order valence-electron chi connectivity index (χ3n) is 4.44. The fourth-order valence-corrected chi connectivity index (χ4v) is 4.27. The molecular weight excluding hydrogens is 422 g/mol. The van der Waals surface area contributed by atoms with Crippen LogP contribution in [0.2, 0.25) is 0 Å². The summed E-state index contributed by atoms with van der Waals surface area (Å²) in [5.74, 6) is -1.58. The quantitative estimate of drug-likeness (QED) is 0.420. The second-order valence-corrected chi connectivity index (χ2v) is 8.32. The van der Waals surface area contributed by atoms with Crippen LogP contribution in [0.3, 0.4) is 0 Å². The first-order valence-electron chi connectivity index (χ1n) is 8.82. The van der Waals surface area contributed by atoms with Gasteiger partial charge in [-0.05, 0) is 31.2 Å². The number of benzene rings is 2. The van der Waals surface area contributed by atoms with Crippen LogP contribution in [0.25, 0.3) is 0 Å². The van der Waals surface area contributed by atoms with E-state index in [9.17, 15) is 27.3 Å². The lowest BCUT2D eigenvalue weighted by Gasteiger charge is -2.26. The van der Waals surface area contributed by atoms with Crippen LogP contribution in [-0.2, 0) is 14.8 Å².